The van der Waals surface area contributed by atoms with Crippen LogP contribution in [0.2, 0.25) is 0 Å². The van der Waals surface area contributed by atoms with E-state index in [9.17, 15) is 4.79 Å². The van der Waals surface area contributed by atoms with Crippen molar-refractivity contribution in [2.24, 2.45) is 0 Å². The van der Waals surface area contributed by atoms with Crippen molar-refractivity contribution < 1.29 is 4.79 Å². The summed E-state index contributed by atoms with van der Waals surface area (Å²) in [5, 5.41) is 12.7. The summed E-state index contributed by atoms with van der Waals surface area (Å²) in [7, 11) is 0. The fraction of sp³-hybridized carbons (Fsp3) is 0.550. The van der Waals surface area contributed by atoms with Crippen molar-refractivity contribution in [3.8, 4) is 0 Å². The van der Waals surface area contributed by atoms with Gasteiger partial charge in [0.2, 0.25) is 5.13 Å². The third kappa shape index (κ3) is 7.96. The molecule has 1 aromatic carbocycles. The molecular formula is C20H28BrN3OS. The summed E-state index contributed by atoms with van der Waals surface area (Å²) in [4.78, 5) is 12.2. The molecule has 0 saturated carbocycles. The number of benzene rings is 1. The van der Waals surface area contributed by atoms with Gasteiger partial charge in [0, 0.05) is 16.5 Å². The molecule has 1 heterocycles. The summed E-state index contributed by atoms with van der Waals surface area (Å²) < 4.78 is 0.883. The van der Waals surface area contributed by atoms with Crippen molar-refractivity contribution in [1.82, 2.24) is 10.2 Å². The van der Waals surface area contributed by atoms with Gasteiger partial charge in [-0.05, 0) is 24.6 Å². The molecule has 0 aliphatic carbocycles. The van der Waals surface area contributed by atoms with Crippen LogP contribution in [-0.2, 0) is 6.42 Å². The summed E-state index contributed by atoms with van der Waals surface area (Å²) >= 11 is 4.85. The molecule has 0 aliphatic rings. The molecular weight excluding hydrogens is 410 g/mol. The number of rotatable bonds is 12. The molecule has 142 valence electrons. The fourth-order valence-electron chi connectivity index (χ4n) is 2.79. The molecule has 0 bridgehead atoms. The largest absolute Gasteiger partial charge is 0.296 e. The van der Waals surface area contributed by atoms with Crippen molar-refractivity contribution in [1.29, 1.82) is 0 Å². The van der Waals surface area contributed by atoms with Crippen LogP contribution >= 0.6 is 27.3 Å². The van der Waals surface area contributed by atoms with Crippen molar-refractivity contribution in [2.45, 2.75) is 71.1 Å². The van der Waals surface area contributed by atoms with Crippen LogP contribution in [0.4, 0.5) is 5.13 Å². The van der Waals surface area contributed by atoms with Gasteiger partial charge >= 0.3 is 0 Å². The number of aromatic nitrogens is 2. The van der Waals surface area contributed by atoms with E-state index in [2.05, 4.69) is 38.4 Å². The van der Waals surface area contributed by atoms with Crippen LogP contribution in [0.25, 0.3) is 0 Å². The Balaban J connectivity index is 1.62. The van der Waals surface area contributed by atoms with Gasteiger partial charge in [0.1, 0.15) is 5.01 Å². The first-order chi connectivity index (χ1) is 12.7. The second-order valence-corrected chi connectivity index (χ2v) is 8.52. The first-order valence-corrected chi connectivity index (χ1v) is 11.2. The molecule has 2 rings (SSSR count). The monoisotopic (exact) mass is 437 g/mol. The lowest BCUT2D eigenvalue weighted by Crippen LogP contribution is -2.11. The zero-order valence-corrected chi connectivity index (χ0v) is 17.9. The van der Waals surface area contributed by atoms with E-state index >= 15 is 0 Å². The normalized spacial score (nSPS) is 10.8. The Morgan fingerprint density at radius 2 is 1.73 bits per heavy atom. The van der Waals surface area contributed by atoms with E-state index in [1.165, 1.54) is 62.7 Å². The minimum Gasteiger partial charge on any atom is -0.296 e. The second kappa shape index (κ2) is 12.2. The average Bonchev–Trinajstić information content (AvgIpc) is 3.07. The maximum atomic E-state index is 12.2. The maximum absolute atomic E-state index is 12.2. The highest BCUT2D eigenvalue weighted by atomic mass is 79.9. The molecule has 1 aromatic heterocycles. The zero-order chi connectivity index (χ0) is 18.6. The van der Waals surface area contributed by atoms with Gasteiger partial charge in [-0.25, -0.2) is 0 Å². The van der Waals surface area contributed by atoms with E-state index in [1.54, 1.807) is 12.1 Å². The third-order valence-corrected chi connectivity index (χ3v) is 5.66. The number of nitrogens with zero attached hydrogens (tertiary/aromatic N) is 2. The predicted molar refractivity (Wildman–Crippen MR) is 113 cm³/mol. The van der Waals surface area contributed by atoms with Gasteiger partial charge in [-0.1, -0.05) is 91.6 Å². The highest BCUT2D eigenvalue weighted by Crippen LogP contribution is 2.20. The van der Waals surface area contributed by atoms with Crippen molar-refractivity contribution in [2.75, 3.05) is 5.32 Å². The van der Waals surface area contributed by atoms with Gasteiger partial charge in [-0.2, -0.15) is 0 Å². The van der Waals surface area contributed by atoms with E-state index in [0.717, 1.165) is 22.3 Å². The quantitative estimate of drug-likeness (QED) is 0.379. The van der Waals surface area contributed by atoms with E-state index < -0.39 is 0 Å². The molecule has 0 unspecified atom stereocenters. The number of halogens is 1. The number of nitrogens with one attached hydrogen (secondary N) is 1. The van der Waals surface area contributed by atoms with Crippen LogP contribution < -0.4 is 5.32 Å². The van der Waals surface area contributed by atoms with E-state index in [-0.39, 0.29) is 5.91 Å². The van der Waals surface area contributed by atoms with Gasteiger partial charge in [0.15, 0.2) is 0 Å². The summed E-state index contributed by atoms with van der Waals surface area (Å²) in [5.74, 6) is -0.155. The fourth-order valence-corrected chi connectivity index (χ4v) is 3.97. The Morgan fingerprint density at radius 3 is 2.42 bits per heavy atom. The van der Waals surface area contributed by atoms with Crippen LogP contribution in [0.15, 0.2) is 28.7 Å². The Morgan fingerprint density at radius 1 is 1.04 bits per heavy atom. The third-order valence-electron chi connectivity index (χ3n) is 4.27. The van der Waals surface area contributed by atoms with Gasteiger partial charge < -0.3 is 0 Å². The van der Waals surface area contributed by atoms with Crippen LogP contribution in [-0.4, -0.2) is 16.1 Å². The molecule has 2 aromatic rings. The zero-order valence-electron chi connectivity index (χ0n) is 15.5. The Hall–Kier alpha value is -1.27. The molecule has 0 radical (unpaired) electrons. The minimum atomic E-state index is -0.155. The molecule has 0 atom stereocenters. The number of aryl methyl sites for hydroxylation is 1. The van der Waals surface area contributed by atoms with Crippen molar-refractivity contribution in [3.63, 3.8) is 0 Å². The second-order valence-electron chi connectivity index (χ2n) is 6.54. The summed E-state index contributed by atoms with van der Waals surface area (Å²) in [6.07, 6.45) is 12.8. The Labute approximate surface area is 168 Å². The van der Waals surface area contributed by atoms with Crippen LogP contribution in [0, 0.1) is 0 Å². The molecule has 0 saturated heterocycles. The number of carbonyl (C=O) groups is 1. The Kier molecular flexibility index (Phi) is 9.85. The minimum absolute atomic E-state index is 0.155. The van der Waals surface area contributed by atoms with Crippen molar-refractivity contribution in [3.05, 3.63) is 39.3 Å². The van der Waals surface area contributed by atoms with Crippen LogP contribution in [0.1, 0.15) is 80.1 Å². The summed E-state index contributed by atoms with van der Waals surface area (Å²) in [5.41, 5.74) is 0.607. The first-order valence-electron chi connectivity index (χ1n) is 9.58. The molecule has 0 spiro atoms. The molecule has 0 fully saturated rings. The van der Waals surface area contributed by atoms with Gasteiger partial charge in [-0.15, -0.1) is 10.2 Å². The number of carbonyl (C=O) groups excluding carboxylic acids is 1. The van der Waals surface area contributed by atoms with Gasteiger partial charge in [-0.3, -0.25) is 10.1 Å². The van der Waals surface area contributed by atoms with Crippen LogP contribution in [0.5, 0.6) is 0 Å². The highest BCUT2D eigenvalue weighted by molar-refractivity contribution is 9.10. The molecule has 4 nitrogen and oxygen atoms in total. The number of hydrogen-bond acceptors (Lipinski definition) is 4. The first kappa shape index (κ1) is 21.0. The molecule has 6 heteroatoms. The standard InChI is InChI=1S/C20H28BrN3OS/c1-2-3-4-5-6-7-8-9-10-14-18-23-24-20(26-18)22-19(25)16-12-11-13-17(21)15-16/h11-13,15H,2-10,14H2,1H3,(H,22,24,25). The van der Waals surface area contributed by atoms with Crippen molar-refractivity contribution >= 4 is 38.3 Å². The number of hydrogen-bond donors (Lipinski definition) is 1. The molecule has 0 aliphatic heterocycles. The molecule has 26 heavy (non-hydrogen) atoms. The predicted octanol–water partition coefficient (Wildman–Crippen LogP) is 6.63. The Bertz CT molecular complexity index is 675. The SMILES string of the molecule is CCCCCCCCCCCc1nnc(NC(=O)c2cccc(Br)c2)s1. The number of amides is 1. The van der Waals surface area contributed by atoms with Gasteiger partial charge in [0.05, 0.1) is 0 Å². The van der Waals surface area contributed by atoms with Crippen LogP contribution in [0.3, 0.4) is 0 Å². The molecule has 1 amide bonds. The lowest BCUT2D eigenvalue weighted by Gasteiger charge is -2.01. The van der Waals surface area contributed by atoms with Gasteiger partial charge in [0.25, 0.3) is 5.91 Å². The van der Waals surface area contributed by atoms with E-state index in [0.29, 0.717) is 10.7 Å². The topological polar surface area (TPSA) is 54.9 Å². The lowest BCUT2D eigenvalue weighted by atomic mass is 10.1. The lowest BCUT2D eigenvalue weighted by molar-refractivity contribution is 0.102. The van der Waals surface area contributed by atoms with E-state index in [1.807, 2.05) is 12.1 Å². The smallest absolute Gasteiger partial charge is 0.257 e. The summed E-state index contributed by atoms with van der Waals surface area (Å²) in [6.45, 7) is 2.25. The highest BCUT2D eigenvalue weighted by Gasteiger charge is 2.10. The number of unbranched alkanes of at least 4 members (excludes halogenated alkanes) is 8. The average molecular weight is 438 g/mol. The molecule has 1 N–H and O–H groups in total. The maximum Gasteiger partial charge on any atom is 0.257 e. The summed E-state index contributed by atoms with van der Waals surface area (Å²) in [6, 6.07) is 7.31. The number of anilines is 1. The van der Waals surface area contributed by atoms with E-state index in [4.69, 9.17) is 0 Å².